The van der Waals surface area contributed by atoms with Crippen LogP contribution in [0.15, 0.2) is 4.36 Å². The van der Waals surface area contributed by atoms with Gasteiger partial charge in [0.05, 0.1) is 0 Å². The van der Waals surface area contributed by atoms with Gasteiger partial charge in [-0.05, 0) is 24.7 Å². The summed E-state index contributed by atoms with van der Waals surface area (Å²) in [6.07, 6.45) is 3.73. The lowest BCUT2D eigenvalue weighted by Gasteiger charge is -2.19. The predicted octanol–water partition coefficient (Wildman–Crippen LogP) is 4.09. The third kappa shape index (κ3) is 7.74. The maximum absolute atomic E-state index is 11.0. The molecule has 0 aromatic carbocycles. The topological polar surface area (TPSA) is 38.7 Å². The average Bonchev–Trinajstić information content (AvgIpc) is 2.21. The number of carbonyl (C=O) groups excluding carboxylic acids is 1. The molecular formula is C12H23NO2S. The van der Waals surface area contributed by atoms with Crippen molar-refractivity contribution in [2.24, 2.45) is 16.2 Å². The third-order valence-electron chi connectivity index (χ3n) is 2.59. The minimum absolute atomic E-state index is 0.0497. The van der Waals surface area contributed by atoms with Gasteiger partial charge < -0.3 is 4.74 Å². The highest BCUT2D eigenvalue weighted by Crippen LogP contribution is 2.17. The Balaban J connectivity index is 3.86. The quantitative estimate of drug-likeness (QED) is 0.634. The maximum Gasteiger partial charge on any atom is 0.445 e. The van der Waals surface area contributed by atoms with Gasteiger partial charge in [-0.25, -0.2) is 4.79 Å². The molecule has 0 fully saturated rings. The van der Waals surface area contributed by atoms with Crippen LogP contribution in [0.25, 0.3) is 0 Å². The van der Waals surface area contributed by atoms with E-state index in [0.29, 0.717) is 5.92 Å². The van der Waals surface area contributed by atoms with Crippen molar-refractivity contribution in [3.8, 4) is 0 Å². The molecule has 94 valence electrons. The Bertz CT molecular complexity index is 217. The molecule has 0 spiro atoms. The lowest BCUT2D eigenvalue weighted by atomic mass is 9.98. The molecule has 0 saturated carbocycles. The molecule has 0 bridgehead atoms. The van der Waals surface area contributed by atoms with Crippen LogP contribution in [0, 0.1) is 11.8 Å². The highest BCUT2D eigenvalue weighted by atomic mass is 32.1. The fourth-order valence-corrected chi connectivity index (χ4v) is 1.62. The summed E-state index contributed by atoms with van der Waals surface area (Å²) in [6.45, 7) is 8.53. The number of nitrogens with zero attached hydrogens (tertiary/aromatic N) is 1. The van der Waals surface area contributed by atoms with E-state index in [9.17, 15) is 4.79 Å². The van der Waals surface area contributed by atoms with E-state index in [4.69, 9.17) is 4.74 Å². The van der Waals surface area contributed by atoms with Gasteiger partial charge >= 0.3 is 6.09 Å². The third-order valence-corrected chi connectivity index (χ3v) is 2.74. The minimum atomic E-state index is -0.627. The molecule has 3 nitrogen and oxygen atoms in total. The Kier molecular flexibility index (Phi) is 8.35. The lowest BCUT2D eigenvalue weighted by molar-refractivity contribution is 0.0718. The van der Waals surface area contributed by atoms with E-state index in [2.05, 4.69) is 30.6 Å². The monoisotopic (exact) mass is 245 g/mol. The van der Waals surface area contributed by atoms with Crippen molar-refractivity contribution >= 4 is 18.5 Å². The number of ether oxygens (including phenoxy) is 1. The largest absolute Gasteiger partial charge is 0.445 e. The van der Waals surface area contributed by atoms with Crippen LogP contribution in [0.1, 0.15) is 53.4 Å². The molecule has 1 amide bonds. The molecule has 1 unspecified atom stereocenters. The van der Waals surface area contributed by atoms with Crippen LogP contribution < -0.4 is 0 Å². The van der Waals surface area contributed by atoms with Crippen molar-refractivity contribution in [1.29, 1.82) is 0 Å². The molecule has 0 heterocycles. The van der Waals surface area contributed by atoms with Crippen molar-refractivity contribution in [3.05, 3.63) is 0 Å². The molecule has 0 aliphatic rings. The Morgan fingerprint density at radius 3 is 2.19 bits per heavy atom. The number of carbonyl (C=O) groups is 1. The van der Waals surface area contributed by atoms with Gasteiger partial charge in [0.2, 0.25) is 0 Å². The second-order valence-electron chi connectivity index (χ2n) is 4.94. The zero-order chi connectivity index (χ0) is 12.6. The van der Waals surface area contributed by atoms with Crippen LogP contribution in [0.4, 0.5) is 4.79 Å². The summed E-state index contributed by atoms with van der Waals surface area (Å²) in [5.74, 6) is 1.06. The number of unbranched alkanes of at least 4 members (excludes halogenated alkanes) is 1. The molecule has 0 N–H and O–H groups in total. The SMILES string of the molecule is CC(C)CCCCC(OC(=O)N=S)C(C)C. The first kappa shape index (κ1) is 15.5. The van der Waals surface area contributed by atoms with Gasteiger partial charge in [-0.15, -0.1) is 4.36 Å². The van der Waals surface area contributed by atoms with Gasteiger partial charge in [0.15, 0.2) is 0 Å². The summed E-state index contributed by atoms with van der Waals surface area (Å²) < 4.78 is 8.25. The van der Waals surface area contributed by atoms with E-state index in [1.807, 2.05) is 13.8 Å². The standard InChI is InChI=1S/C12H23NO2S/c1-9(2)7-5-6-8-11(10(3)4)15-12(14)13-16/h9-11H,5-8H2,1-4H3. The minimum Gasteiger partial charge on any atom is -0.444 e. The Morgan fingerprint density at radius 2 is 1.75 bits per heavy atom. The molecule has 0 rings (SSSR count). The molecule has 0 aromatic heterocycles. The molecule has 0 saturated heterocycles. The predicted molar refractivity (Wildman–Crippen MR) is 68.2 cm³/mol. The van der Waals surface area contributed by atoms with E-state index in [-0.39, 0.29) is 6.10 Å². The van der Waals surface area contributed by atoms with Crippen LogP contribution >= 0.6 is 0 Å². The second-order valence-corrected chi connectivity index (χ2v) is 5.12. The van der Waals surface area contributed by atoms with E-state index >= 15 is 0 Å². The van der Waals surface area contributed by atoms with Crippen LogP contribution in [0.2, 0.25) is 0 Å². The summed E-state index contributed by atoms with van der Waals surface area (Å²) in [7, 11) is 0. The molecule has 0 radical (unpaired) electrons. The first-order chi connectivity index (χ1) is 7.47. The molecule has 4 heteroatoms. The van der Waals surface area contributed by atoms with E-state index in [1.165, 1.54) is 12.8 Å². The summed E-state index contributed by atoms with van der Waals surface area (Å²) in [6, 6.07) is 0. The number of hydrogen-bond donors (Lipinski definition) is 0. The number of hydrogen-bond acceptors (Lipinski definition) is 3. The summed E-state index contributed by atoms with van der Waals surface area (Å²) in [4.78, 5) is 11.0. The highest BCUT2D eigenvalue weighted by molar-refractivity contribution is 7.47. The zero-order valence-electron chi connectivity index (χ0n) is 10.7. The smallest absolute Gasteiger partial charge is 0.444 e. The molecule has 0 aliphatic heterocycles. The Morgan fingerprint density at radius 1 is 1.19 bits per heavy atom. The van der Waals surface area contributed by atoms with Crippen molar-refractivity contribution < 1.29 is 9.53 Å². The van der Waals surface area contributed by atoms with Crippen molar-refractivity contribution in [3.63, 3.8) is 0 Å². The first-order valence-electron chi connectivity index (χ1n) is 6.01. The highest BCUT2D eigenvalue weighted by Gasteiger charge is 2.17. The van der Waals surface area contributed by atoms with Crippen LogP contribution in [0.3, 0.4) is 0 Å². The van der Waals surface area contributed by atoms with Gasteiger partial charge in [0, 0.05) is 12.4 Å². The molecule has 16 heavy (non-hydrogen) atoms. The molecule has 0 aromatic rings. The van der Waals surface area contributed by atoms with Crippen molar-refractivity contribution in [2.45, 2.75) is 59.5 Å². The maximum atomic E-state index is 11.0. The van der Waals surface area contributed by atoms with Crippen molar-refractivity contribution in [2.75, 3.05) is 0 Å². The Hall–Kier alpha value is -0.510. The number of amides is 1. The second kappa shape index (κ2) is 8.62. The summed E-state index contributed by atoms with van der Waals surface area (Å²) in [5.41, 5.74) is 0. The first-order valence-corrected chi connectivity index (χ1v) is 6.37. The van der Waals surface area contributed by atoms with E-state index < -0.39 is 6.09 Å². The van der Waals surface area contributed by atoms with Gasteiger partial charge in [-0.1, -0.05) is 40.5 Å². The molecular weight excluding hydrogens is 222 g/mol. The van der Waals surface area contributed by atoms with Gasteiger partial charge in [0.25, 0.3) is 0 Å². The molecule has 0 aliphatic carbocycles. The summed E-state index contributed by atoms with van der Waals surface area (Å²) in [5, 5.41) is 0. The van der Waals surface area contributed by atoms with Gasteiger partial charge in [-0.2, -0.15) is 0 Å². The van der Waals surface area contributed by atoms with Crippen LogP contribution in [0.5, 0.6) is 0 Å². The van der Waals surface area contributed by atoms with Gasteiger partial charge in [-0.3, -0.25) is 0 Å². The lowest BCUT2D eigenvalue weighted by Crippen LogP contribution is -2.22. The fourth-order valence-electron chi connectivity index (χ4n) is 1.58. The van der Waals surface area contributed by atoms with Gasteiger partial charge in [0.1, 0.15) is 6.10 Å². The fraction of sp³-hybridized carbons (Fsp3) is 0.917. The average molecular weight is 245 g/mol. The van der Waals surface area contributed by atoms with E-state index in [0.717, 1.165) is 18.8 Å². The van der Waals surface area contributed by atoms with Crippen molar-refractivity contribution in [1.82, 2.24) is 0 Å². The van der Waals surface area contributed by atoms with E-state index in [1.54, 1.807) is 0 Å². The molecule has 1 atom stereocenters. The number of rotatable bonds is 7. The summed E-state index contributed by atoms with van der Waals surface area (Å²) >= 11 is 4.30. The zero-order valence-corrected chi connectivity index (χ0v) is 11.5. The van der Waals surface area contributed by atoms with Crippen LogP contribution in [-0.2, 0) is 17.2 Å². The van der Waals surface area contributed by atoms with Crippen LogP contribution in [-0.4, -0.2) is 12.2 Å². The Labute approximate surface area is 104 Å². The normalized spacial score (nSPS) is 12.9.